The van der Waals surface area contributed by atoms with E-state index in [0.717, 1.165) is 0 Å². The molecule has 1 N–H and O–H groups in total. The van der Waals surface area contributed by atoms with E-state index >= 15 is 0 Å². The summed E-state index contributed by atoms with van der Waals surface area (Å²) in [7, 11) is 0. The molecule has 0 saturated heterocycles. The van der Waals surface area contributed by atoms with E-state index in [0.29, 0.717) is 0 Å². The third kappa shape index (κ3) is 79.6. The molecule has 0 aliphatic rings. The minimum absolute atomic E-state index is 0. The summed E-state index contributed by atoms with van der Waals surface area (Å²) in [6, 6.07) is 0. The van der Waals surface area contributed by atoms with E-state index in [2.05, 4.69) is 14.2 Å². The van der Waals surface area contributed by atoms with Crippen molar-refractivity contribution in [3.05, 3.63) is 0 Å². The summed E-state index contributed by atoms with van der Waals surface area (Å²) in [4.78, 5) is 59.8. The van der Waals surface area contributed by atoms with Crippen molar-refractivity contribution >= 4 is 81.9 Å². The zero-order valence-electron chi connectivity index (χ0n) is 20.8. The smallest absolute Gasteiger partial charge is 0.855 e. The molecule has 196 valence electrons. The first-order valence-corrected chi connectivity index (χ1v) is 9.57. The number of rotatable bonds is 9. The van der Waals surface area contributed by atoms with Gasteiger partial charge >= 0.3 is 70.0 Å². The second-order valence-corrected chi connectivity index (χ2v) is 4.66. The Bertz CT molecular complexity index is 468. The normalized spacial score (nSPS) is 7.63. The van der Waals surface area contributed by atoms with Gasteiger partial charge in [0.05, 0.1) is 44.6 Å². The van der Waals surface area contributed by atoms with Crippen LogP contribution in [-0.4, -0.2) is 120 Å². The van der Waals surface area contributed by atoms with Crippen LogP contribution < -0.4 is 20.4 Å². The number of carboxylic acids is 3. The maximum atomic E-state index is 10.3. The molecule has 0 heterocycles. The molecular formula is C19H32Mg2O14. The van der Waals surface area contributed by atoms with Gasteiger partial charge in [-0.1, -0.05) is 13.8 Å². The third-order valence-corrected chi connectivity index (χ3v) is 1.79. The Labute approximate surface area is 236 Å². The summed E-state index contributed by atoms with van der Waals surface area (Å²) in [6.07, 6.45) is -1.87. The molecule has 0 saturated carbocycles. The zero-order chi connectivity index (χ0) is 27.2. The minimum Gasteiger partial charge on any atom is -0.855 e. The molecule has 0 aromatic heterocycles. The first kappa shape index (κ1) is 50.2. The van der Waals surface area contributed by atoms with Crippen molar-refractivity contribution in [2.24, 2.45) is 0 Å². The van der Waals surface area contributed by atoms with Gasteiger partial charge in [0.15, 0.2) is 0 Å². The maximum Gasteiger partial charge on any atom is 2.00 e. The second-order valence-electron chi connectivity index (χ2n) is 4.66. The van der Waals surface area contributed by atoms with E-state index in [-0.39, 0.29) is 79.1 Å². The minimum atomic E-state index is -1.41. The molecule has 35 heavy (non-hydrogen) atoms. The van der Waals surface area contributed by atoms with Crippen LogP contribution in [0.25, 0.3) is 0 Å². The van der Waals surface area contributed by atoms with Gasteiger partial charge in [-0.25, -0.2) is 0 Å². The van der Waals surface area contributed by atoms with Crippen molar-refractivity contribution in [3.8, 4) is 0 Å². The predicted molar refractivity (Wildman–Crippen MR) is 114 cm³/mol. The molecule has 0 aromatic rings. The average Bonchev–Trinajstić information content (AvgIpc) is 2.62. The van der Waals surface area contributed by atoms with Crippen molar-refractivity contribution in [2.45, 2.75) is 53.9 Å². The van der Waals surface area contributed by atoms with Crippen LogP contribution in [0.5, 0.6) is 0 Å². The van der Waals surface area contributed by atoms with Crippen LogP contribution in [0.4, 0.5) is 0 Å². The molecule has 0 radical (unpaired) electrons. The van der Waals surface area contributed by atoms with Crippen LogP contribution in [0.1, 0.15) is 53.9 Å². The van der Waals surface area contributed by atoms with E-state index < -0.39 is 55.1 Å². The topological polar surface area (TPSA) is 243 Å². The maximum absolute atomic E-state index is 10.3. The Morgan fingerprint density at radius 2 is 0.771 bits per heavy atom. The SMILES string of the molecule is CCOC(=O)CC(=O)O.CCOC(=O)CC(=O)[O-].CCOC(=O)CC(=O)[O-].CC[O-].CC[O-].[Mg+2].[Mg+2]. The Morgan fingerprint density at radius 3 is 0.914 bits per heavy atom. The Morgan fingerprint density at radius 1 is 0.571 bits per heavy atom. The number of carboxylic acid groups (broad SMARTS) is 3. The van der Waals surface area contributed by atoms with Crippen molar-refractivity contribution in [3.63, 3.8) is 0 Å². The van der Waals surface area contributed by atoms with Crippen LogP contribution in [0.2, 0.25) is 0 Å². The van der Waals surface area contributed by atoms with Crippen LogP contribution >= 0.6 is 0 Å². The number of carbonyl (C=O) groups excluding carboxylic acids is 5. The van der Waals surface area contributed by atoms with Gasteiger partial charge in [-0.2, -0.15) is 0 Å². The number of ether oxygens (including phenoxy) is 3. The molecule has 0 atom stereocenters. The number of carbonyl (C=O) groups is 6. The van der Waals surface area contributed by atoms with Gasteiger partial charge in [0, 0.05) is 0 Å². The first-order chi connectivity index (χ1) is 15.3. The van der Waals surface area contributed by atoms with Gasteiger partial charge in [-0.3, -0.25) is 19.2 Å². The molecule has 0 rings (SSSR count). The quantitative estimate of drug-likeness (QED) is 0.127. The van der Waals surface area contributed by atoms with E-state index in [9.17, 15) is 39.0 Å². The fourth-order valence-electron chi connectivity index (χ4n) is 0.995. The van der Waals surface area contributed by atoms with Gasteiger partial charge in [0.2, 0.25) is 0 Å². The van der Waals surface area contributed by atoms with Crippen LogP contribution in [0.3, 0.4) is 0 Å². The zero-order valence-corrected chi connectivity index (χ0v) is 23.7. The fraction of sp³-hybridized carbons (Fsp3) is 0.684. The molecule has 0 unspecified atom stereocenters. The Balaban J connectivity index is -0.0000000587. The number of hydrogen-bond donors (Lipinski definition) is 1. The van der Waals surface area contributed by atoms with Crippen LogP contribution in [-0.2, 0) is 43.0 Å². The molecule has 0 aromatic carbocycles. The van der Waals surface area contributed by atoms with Crippen LogP contribution in [0, 0.1) is 0 Å². The molecule has 0 amide bonds. The summed E-state index contributed by atoms with van der Waals surface area (Å²) in [5.74, 6) is -6.17. The standard InChI is InChI=1S/3C5H8O4.2C2H5O.2Mg/c3*1-2-9-5(8)3-4(6)7;2*1-2-3;;/h3*2-3H2,1H3,(H,6,7);2*2H2,1H3;;/q;;;2*-1;2*+2/p-2. The van der Waals surface area contributed by atoms with E-state index in [1.54, 1.807) is 34.6 Å². The molecule has 0 bridgehead atoms. The number of aliphatic carboxylic acids is 3. The second kappa shape index (κ2) is 42.4. The third-order valence-electron chi connectivity index (χ3n) is 1.79. The van der Waals surface area contributed by atoms with Crippen molar-refractivity contribution < 1.29 is 68.5 Å². The van der Waals surface area contributed by atoms with Gasteiger partial charge in [0.25, 0.3) is 0 Å². The summed E-state index contributed by atoms with van der Waals surface area (Å²) >= 11 is 0. The molecule has 0 fully saturated rings. The van der Waals surface area contributed by atoms with E-state index in [1.165, 1.54) is 0 Å². The molecule has 0 spiro atoms. The van der Waals surface area contributed by atoms with Crippen molar-refractivity contribution in [1.82, 2.24) is 0 Å². The van der Waals surface area contributed by atoms with E-state index in [4.69, 9.17) is 15.3 Å². The number of esters is 3. The first-order valence-electron chi connectivity index (χ1n) is 9.57. The molecule has 0 aliphatic carbocycles. The van der Waals surface area contributed by atoms with Crippen molar-refractivity contribution in [1.29, 1.82) is 0 Å². The fourth-order valence-corrected chi connectivity index (χ4v) is 0.995. The Kier molecular flexibility index (Phi) is 60.9. The van der Waals surface area contributed by atoms with Gasteiger partial charge in [-0.15, -0.1) is 13.2 Å². The molecule has 14 nitrogen and oxygen atoms in total. The van der Waals surface area contributed by atoms with Gasteiger partial charge < -0.3 is 49.3 Å². The van der Waals surface area contributed by atoms with Gasteiger partial charge in [0.1, 0.15) is 6.42 Å². The van der Waals surface area contributed by atoms with Crippen LogP contribution in [0.15, 0.2) is 0 Å². The molecule has 16 heteroatoms. The summed E-state index contributed by atoms with van der Waals surface area (Å²) in [5.41, 5.74) is 0. The molecule has 0 aliphatic heterocycles. The van der Waals surface area contributed by atoms with Crippen molar-refractivity contribution in [2.75, 3.05) is 33.0 Å². The largest absolute Gasteiger partial charge is 2.00 e. The predicted octanol–water partition coefficient (Wildman–Crippen LogP) is -4.63. The number of hydrogen-bond acceptors (Lipinski definition) is 13. The average molecular weight is 533 g/mol. The molecular weight excluding hydrogens is 501 g/mol. The summed E-state index contributed by atoms with van der Waals surface area (Å²) in [5, 5.41) is 45.2. The monoisotopic (exact) mass is 532 g/mol. The van der Waals surface area contributed by atoms with Gasteiger partial charge in [-0.05, 0) is 20.8 Å². The summed E-state index contributed by atoms with van der Waals surface area (Å²) < 4.78 is 12.9. The summed E-state index contributed by atoms with van der Waals surface area (Å²) in [6.45, 7) is 8.60. The van der Waals surface area contributed by atoms with E-state index in [1.807, 2.05) is 0 Å². The Hall–Kier alpha value is -1.73.